The minimum Gasteiger partial charge on any atom is -0.507 e. The van der Waals surface area contributed by atoms with Crippen LogP contribution in [0.25, 0.3) is 0 Å². The highest BCUT2D eigenvalue weighted by molar-refractivity contribution is 6.16. The first-order valence-electron chi connectivity index (χ1n) is 9.14. The minimum atomic E-state index is -0.884. The zero-order chi connectivity index (χ0) is 20.1. The smallest absolute Gasteiger partial charge is 0.306 e. The van der Waals surface area contributed by atoms with Crippen molar-refractivity contribution in [2.75, 3.05) is 0 Å². The molecule has 0 saturated heterocycles. The van der Waals surface area contributed by atoms with Crippen molar-refractivity contribution in [3.05, 3.63) is 59.7 Å². The fourth-order valence-corrected chi connectivity index (χ4v) is 3.47. The molecule has 1 fully saturated rings. The summed E-state index contributed by atoms with van der Waals surface area (Å²) < 4.78 is 0. The summed E-state index contributed by atoms with van der Waals surface area (Å²) in [4.78, 5) is 23.8. The molecule has 0 heterocycles. The van der Waals surface area contributed by atoms with E-state index in [0.717, 1.165) is 0 Å². The Morgan fingerprint density at radius 3 is 1.96 bits per heavy atom. The van der Waals surface area contributed by atoms with E-state index in [-0.39, 0.29) is 29.5 Å². The number of carboxylic acids is 1. The highest BCUT2D eigenvalue weighted by Gasteiger charge is 2.31. The standard InChI is InChI=1S/C21H22N2O5/c24-17-10-3-1-8-15(17)19(16-9-2-4-11-18(16)25)22-23-20(26)13-6-5-7-14(12-13)21(27)28/h1-4,8-11,13-14,24-25H,5-7,12H2,(H,23,26)(H,27,28). The summed E-state index contributed by atoms with van der Waals surface area (Å²) in [5.74, 6) is -2.29. The van der Waals surface area contributed by atoms with E-state index in [2.05, 4.69) is 10.5 Å². The molecule has 2 aromatic rings. The van der Waals surface area contributed by atoms with E-state index in [9.17, 15) is 24.9 Å². The van der Waals surface area contributed by atoms with Gasteiger partial charge in [0.15, 0.2) is 0 Å². The van der Waals surface area contributed by atoms with Gasteiger partial charge in [-0.05, 0) is 43.5 Å². The third kappa shape index (κ3) is 4.31. The number of rotatable bonds is 5. The maximum absolute atomic E-state index is 12.6. The number of hydrazone groups is 1. The van der Waals surface area contributed by atoms with Crippen molar-refractivity contribution >= 4 is 17.6 Å². The van der Waals surface area contributed by atoms with Gasteiger partial charge in [-0.3, -0.25) is 9.59 Å². The van der Waals surface area contributed by atoms with Crippen LogP contribution in [0, 0.1) is 11.8 Å². The van der Waals surface area contributed by atoms with Crippen molar-refractivity contribution in [2.45, 2.75) is 25.7 Å². The van der Waals surface area contributed by atoms with Gasteiger partial charge in [0.05, 0.1) is 5.92 Å². The number of aromatic hydroxyl groups is 2. The quantitative estimate of drug-likeness (QED) is 0.468. The lowest BCUT2D eigenvalue weighted by Crippen LogP contribution is -2.33. The van der Waals surface area contributed by atoms with Crippen molar-refractivity contribution in [1.82, 2.24) is 5.43 Å². The Morgan fingerprint density at radius 1 is 0.893 bits per heavy atom. The number of carboxylic acid groups (broad SMARTS) is 1. The lowest BCUT2D eigenvalue weighted by Gasteiger charge is -2.25. The fourth-order valence-electron chi connectivity index (χ4n) is 3.47. The minimum absolute atomic E-state index is 0.0395. The lowest BCUT2D eigenvalue weighted by molar-refractivity contribution is -0.144. The van der Waals surface area contributed by atoms with Crippen LogP contribution in [0.3, 0.4) is 0 Å². The predicted octanol–water partition coefficient (Wildman–Crippen LogP) is 2.86. The number of phenols is 2. The highest BCUT2D eigenvalue weighted by atomic mass is 16.4. The normalized spacial score (nSPS) is 18.9. The summed E-state index contributed by atoms with van der Waals surface area (Å²) in [5.41, 5.74) is 3.43. The van der Waals surface area contributed by atoms with Crippen LogP contribution in [0.4, 0.5) is 0 Å². The number of aliphatic carboxylic acids is 1. The molecule has 3 rings (SSSR count). The molecule has 0 aromatic heterocycles. The van der Waals surface area contributed by atoms with Crippen LogP contribution >= 0.6 is 0 Å². The molecule has 2 aromatic carbocycles. The Morgan fingerprint density at radius 2 is 1.43 bits per heavy atom. The van der Waals surface area contributed by atoms with Gasteiger partial charge in [0, 0.05) is 17.0 Å². The number of carbonyl (C=O) groups excluding carboxylic acids is 1. The summed E-state index contributed by atoms with van der Waals surface area (Å²) in [6.07, 6.45) is 2.13. The summed E-state index contributed by atoms with van der Waals surface area (Å²) in [6, 6.07) is 13.0. The Balaban J connectivity index is 1.88. The average molecular weight is 382 g/mol. The van der Waals surface area contributed by atoms with Crippen LogP contribution in [0.2, 0.25) is 0 Å². The van der Waals surface area contributed by atoms with E-state index < -0.39 is 17.8 Å². The van der Waals surface area contributed by atoms with E-state index in [1.807, 2.05) is 0 Å². The number of nitrogens with one attached hydrogen (secondary N) is 1. The molecule has 146 valence electrons. The largest absolute Gasteiger partial charge is 0.507 e. The van der Waals surface area contributed by atoms with E-state index >= 15 is 0 Å². The molecule has 1 amide bonds. The lowest BCUT2D eigenvalue weighted by atomic mass is 9.81. The number of nitrogens with zero attached hydrogens (tertiary/aromatic N) is 1. The molecule has 1 saturated carbocycles. The van der Waals surface area contributed by atoms with Crippen LogP contribution in [0.1, 0.15) is 36.8 Å². The number of carbonyl (C=O) groups is 2. The third-order valence-corrected chi connectivity index (χ3v) is 4.99. The van der Waals surface area contributed by atoms with Crippen molar-refractivity contribution in [2.24, 2.45) is 16.9 Å². The fraction of sp³-hybridized carbons (Fsp3) is 0.286. The maximum atomic E-state index is 12.6. The van der Waals surface area contributed by atoms with Gasteiger partial charge in [0.25, 0.3) is 0 Å². The van der Waals surface area contributed by atoms with Gasteiger partial charge < -0.3 is 15.3 Å². The van der Waals surface area contributed by atoms with Gasteiger partial charge in [-0.15, -0.1) is 0 Å². The van der Waals surface area contributed by atoms with E-state index in [0.29, 0.717) is 30.4 Å². The second-order valence-corrected chi connectivity index (χ2v) is 6.87. The first kappa shape index (κ1) is 19.4. The molecule has 0 bridgehead atoms. The zero-order valence-corrected chi connectivity index (χ0v) is 15.2. The number of phenolic OH excluding ortho intramolecular Hbond substituents is 2. The Bertz CT molecular complexity index is 862. The molecule has 2 unspecified atom stereocenters. The molecular weight excluding hydrogens is 360 g/mol. The van der Waals surface area contributed by atoms with Crippen LogP contribution < -0.4 is 5.43 Å². The molecule has 0 aliphatic heterocycles. The third-order valence-electron chi connectivity index (χ3n) is 4.99. The van der Waals surface area contributed by atoms with Gasteiger partial charge in [-0.25, -0.2) is 5.43 Å². The number of amides is 1. The summed E-state index contributed by atoms with van der Waals surface area (Å²) in [6.45, 7) is 0. The molecule has 1 aliphatic carbocycles. The SMILES string of the molecule is O=C(O)C1CCCC(C(=O)NN=C(c2ccccc2O)c2ccccc2O)C1. The van der Waals surface area contributed by atoms with Gasteiger partial charge in [-0.1, -0.05) is 30.7 Å². The first-order valence-corrected chi connectivity index (χ1v) is 9.14. The Kier molecular flexibility index (Phi) is 5.93. The average Bonchev–Trinajstić information content (AvgIpc) is 2.70. The number of hydrogen-bond donors (Lipinski definition) is 4. The Hall–Kier alpha value is -3.35. The van der Waals surface area contributed by atoms with E-state index in [1.54, 1.807) is 36.4 Å². The highest BCUT2D eigenvalue weighted by Crippen LogP contribution is 2.30. The molecule has 7 heteroatoms. The second-order valence-electron chi connectivity index (χ2n) is 6.87. The first-order chi connectivity index (χ1) is 13.5. The van der Waals surface area contributed by atoms with Crippen molar-refractivity contribution < 1.29 is 24.9 Å². The molecule has 4 N–H and O–H groups in total. The van der Waals surface area contributed by atoms with Crippen LogP contribution in [0.5, 0.6) is 11.5 Å². The molecule has 0 radical (unpaired) electrons. The predicted molar refractivity (Wildman–Crippen MR) is 103 cm³/mol. The van der Waals surface area contributed by atoms with Gasteiger partial charge in [0.1, 0.15) is 17.2 Å². The molecule has 28 heavy (non-hydrogen) atoms. The van der Waals surface area contributed by atoms with E-state index in [1.165, 1.54) is 12.1 Å². The molecule has 0 spiro atoms. The van der Waals surface area contributed by atoms with Gasteiger partial charge in [-0.2, -0.15) is 5.10 Å². The van der Waals surface area contributed by atoms with Crippen molar-refractivity contribution in [1.29, 1.82) is 0 Å². The van der Waals surface area contributed by atoms with Gasteiger partial charge >= 0.3 is 5.97 Å². The monoisotopic (exact) mass is 382 g/mol. The molecule has 2 atom stereocenters. The second kappa shape index (κ2) is 8.56. The number of para-hydroxylation sites is 2. The van der Waals surface area contributed by atoms with E-state index in [4.69, 9.17) is 0 Å². The zero-order valence-electron chi connectivity index (χ0n) is 15.2. The van der Waals surface area contributed by atoms with Crippen molar-refractivity contribution in [3.8, 4) is 11.5 Å². The maximum Gasteiger partial charge on any atom is 0.306 e. The number of hydrogen-bond acceptors (Lipinski definition) is 5. The Labute approximate surface area is 162 Å². The van der Waals surface area contributed by atoms with Crippen LogP contribution in [0.15, 0.2) is 53.6 Å². The summed E-state index contributed by atoms with van der Waals surface area (Å²) in [5, 5.41) is 33.8. The number of benzene rings is 2. The van der Waals surface area contributed by atoms with Gasteiger partial charge in [0.2, 0.25) is 5.91 Å². The van der Waals surface area contributed by atoms with Crippen LogP contribution in [-0.4, -0.2) is 32.9 Å². The summed E-state index contributed by atoms with van der Waals surface area (Å²) in [7, 11) is 0. The van der Waals surface area contributed by atoms with Crippen molar-refractivity contribution in [3.63, 3.8) is 0 Å². The molecular formula is C21H22N2O5. The van der Waals surface area contributed by atoms with Crippen LogP contribution in [-0.2, 0) is 9.59 Å². The molecule has 7 nitrogen and oxygen atoms in total. The topological polar surface area (TPSA) is 119 Å². The molecule has 1 aliphatic rings. The summed E-state index contributed by atoms with van der Waals surface area (Å²) >= 11 is 0.